The van der Waals surface area contributed by atoms with Gasteiger partial charge >= 0.3 is 0 Å². The van der Waals surface area contributed by atoms with E-state index in [0.29, 0.717) is 12.4 Å². The summed E-state index contributed by atoms with van der Waals surface area (Å²) in [4.78, 5) is 12.4. The summed E-state index contributed by atoms with van der Waals surface area (Å²) >= 11 is 0. The van der Waals surface area contributed by atoms with E-state index in [1.807, 2.05) is 25.1 Å². The van der Waals surface area contributed by atoms with E-state index in [4.69, 9.17) is 4.74 Å². The van der Waals surface area contributed by atoms with Gasteiger partial charge in [-0.15, -0.1) is 0 Å². The summed E-state index contributed by atoms with van der Waals surface area (Å²) in [6.45, 7) is 3.43. The van der Waals surface area contributed by atoms with Crippen LogP contribution in [0.1, 0.15) is 42.1 Å². The molecule has 0 aromatic heterocycles. The van der Waals surface area contributed by atoms with Crippen molar-refractivity contribution in [2.45, 2.75) is 32.6 Å². The van der Waals surface area contributed by atoms with Gasteiger partial charge in [0, 0.05) is 24.7 Å². The summed E-state index contributed by atoms with van der Waals surface area (Å²) in [6, 6.07) is 8.03. The first kappa shape index (κ1) is 12.3. The Bertz CT molecular complexity index is 384. The van der Waals surface area contributed by atoms with Crippen molar-refractivity contribution >= 4 is 5.78 Å². The number of carbonyl (C=O) groups excluding carboxylic acids is 1. The Hall–Kier alpha value is -1.15. The molecule has 1 atom stereocenters. The van der Waals surface area contributed by atoms with Crippen LogP contribution < -0.4 is 0 Å². The van der Waals surface area contributed by atoms with E-state index >= 15 is 0 Å². The number of Topliss-reactive ketones (excluding diaryl/α,β-unsaturated/α-hetero) is 1. The number of rotatable bonds is 4. The Morgan fingerprint density at radius 2 is 2.18 bits per heavy atom. The van der Waals surface area contributed by atoms with Crippen LogP contribution in [-0.2, 0) is 11.2 Å². The minimum absolute atomic E-state index is 0.158. The van der Waals surface area contributed by atoms with Crippen LogP contribution in [0.4, 0.5) is 0 Å². The molecular weight excluding hydrogens is 212 g/mol. The number of aryl methyl sites for hydroxylation is 1. The Labute approximate surface area is 103 Å². The highest BCUT2D eigenvalue weighted by molar-refractivity contribution is 5.99. The highest BCUT2D eigenvalue weighted by Crippen LogP contribution is 2.26. The summed E-state index contributed by atoms with van der Waals surface area (Å²) < 4.78 is 5.36. The first-order valence-corrected chi connectivity index (χ1v) is 6.52. The van der Waals surface area contributed by atoms with E-state index in [1.165, 1.54) is 5.56 Å². The van der Waals surface area contributed by atoms with Crippen molar-refractivity contribution < 1.29 is 9.53 Å². The molecule has 0 spiro atoms. The molecule has 0 N–H and O–H groups in total. The number of hydrogen-bond acceptors (Lipinski definition) is 2. The van der Waals surface area contributed by atoms with Crippen LogP contribution in [0.3, 0.4) is 0 Å². The van der Waals surface area contributed by atoms with Crippen molar-refractivity contribution in [3.05, 3.63) is 35.4 Å². The largest absolute Gasteiger partial charge is 0.382 e. The lowest BCUT2D eigenvalue weighted by Gasteiger charge is -2.13. The summed E-state index contributed by atoms with van der Waals surface area (Å²) in [6.07, 6.45) is 4.01. The number of ketones is 1. The van der Waals surface area contributed by atoms with Gasteiger partial charge in [-0.2, -0.15) is 0 Å². The standard InChI is InChI=1S/C15H20O2/c1-2-17-11-10-13-8-5-7-12-6-3-4-9-14(12)15(13)16/h3-4,6,9,13H,2,5,7-8,10-11H2,1H3. The van der Waals surface area contributed by atoms with Crippen LogP contribution in [0.15, 0.2) is 24.3 Å². The maximum Gasteiger partial charge on any atom is 0.166 e. The molecule has 0 fully saturated rings. The highest BCUT2D eigenvalue weighted by atomic mass is 16.5. The quantitative estimate of drug-likeness (QED) is 0.588. The third-order valence-electron chi connectivity index (χ3n) is 3.47. The molecule has 1 aromatic carbocycles. The van der Waals surface area contributed by atoms with Crippen molar-refractivity contribution in [2.24, 2.45) is 5.92 Å². The summed E-state index contributed by atoms with van der Waals surface area (Å²) in [7, 11) is 0. The first-order valence-electron chi connectivity index (χ1n) is 6.52. The number of carbonyl (C=O) groups is 1. The van der Waals surface area contributed by atoms with Crippen LogP contribution in [0.2, 0.25) is 0 Å². The molecular formula is C15H20O2. The lowest BCUT2D eigenvalue weighted by molar-refractivity contribution is 0.0844. The monoisotopic (exact) mass is 232 g/mol. The average Bonchev–Trinajstić information content (AvgIpc) is 2.51. The van der Waals surface area contributed by atoms with Crippen LogP contribution in [-0.4, -0.2) is 19.0 Å². The third kappa shape index (κ3) is 2.95. The molecule has 1 unspecified atom stereocenters. The maximum absolute atomic E-state index is 12.4. The summed E-state index contributed by atoms with van der Waals surface area (Å²) in [5.74, 6) is 0.475. The third-order valence-corrected chi connectivity index (χ3v) is 3.47. The van der Waals surface area contributed by atoms with Gasteiger partial charge in [0.25, 0.3) is 0 Å². The zero-order valence-electron chi connectivity index (χ0n) is 10.4. The number of hydrogen-bond donors (Lipinski definition) is 0. The van der Waals surface area contributed by atoms with E-state index in [1.54, 1.807) is 0 Å². The molecule has 0 bridgehead atoms. The second-order valence-corrected chi connectivity index (χ2v) is 4.60. The summed E-state index contributed by atoms with van der Waals surface area (Å²) in [5.41, 5.74) is 2.16. The van der Waals surface area contributed by atoms with Gasteiger partial charge < -0.3 is 4.74 Å². The maximum atomic E-state index is 12.4. The van der Waals surface area contributed by atoms with Crippen LogP contribution in [0.25, 0.3) is 0 Å². The average molecular weight is 232 g/mol. The minimum atomic E-state index is 0.158. The predicted molar refractivity (Wildman–Crippen MR) is 68.3 cm³/mol. The second-order valence-electron chi connectivity index (χ2n) is 4.60. The van der Waals surface area contributed by atoms with Crippen LogP contribution in [0.5, 0.6) is 0 Å². The number of ether oxygens (including phenoxy) is 1. The van der Waals surface area contributed by atoms with Crippen molar-refractivity contribution in [3.63, 3.8) is 0 Å². The molecule has 2 heteroatoms. The Morgan fingerprint density at radius 1 is 1.35 bits per heavy atom. The van der Waals surface area contributed by atoms with Gasteiger partial charge in [0.2, 0.25) is 0 Å². The molecule has 1 aliphatic carbocycles. The molecule has 1 aromatic rings. The van der Waals surface area contributed by atoms with Crippen molar-refractivity contribution in [3.8, 4) is 0 Å². The van der Waals surface area contributed by atoms with E-state index in [9.17, 15) is 4.79 Å². The SMILES string of the molecule is CCOCCC1CCCc2ccccc2C1=O. The van der Waals surface area contributed by atoms with Gasteiger partial charge in [0.15, 0.2) is 5.78 Å². The summed E-state index contributed by atoms with van der Waals surface area (Å²) in [5, 5.41) is 0. The molecule has 0 heterocycles. The van der Waals surface area contributed by atoms with Gasteiger partial charge in [-0.05, 0) is 38.2 Å². The van der Waals surface area contributed by atoms with E-state index < -0.39 is 0 Å². The molecule has 1 aliphatic rings. The Balaban J connectivity index is 2.09. The van der Waals surface area contributed by atoms with Gasteiger partial charge in [-0.25, -0.2) is 0 Å². The molecule has 0 saturated carbocycles. The van der Waals surface area contributed by atoms with E-state index in [2.05, 4.69) is 6.07 Å². The Morgan fingerprint density at radius 3 is 3.00 bits per heavy atom. The fourth-order valence-electron chi connectivity index (χ4n) is 2.51. The van der Waals surface area contributed by atoms with Crippen molar-refractivity contribution in [1.29, 1.82) is 0 Å². The lowest BCUT2D eigenvalue weighted by Crippen LogP contribution is -2.16. The van der Waals surface area contributed by atoms with Gasteiger partial charge in [-0.1, -0.05) is 24.3 Å². The fraction of sp³-hybridized carbons (Fsp3) is 0.533. The van der Waals surface area contributed by atoms with Crippen molar-refractivity contribution in [1.82, 2.24) is 0 Å². The molecule has 0 aliphatic heterocycles. The molecule has 0 amide bonds. The normalized spacial score (nSPS) is 19.8. The lowest BCUT2D eigenvalue weighted by atomic mass is 9.93. The van der Waals surface area contributed by atoms with E-state index in [-0.39, 0.29) is 5.92 Å². The topological polar surface area (TPSA) is 26.3 Å². The van der Waals surface area contributed by atoms with Gasteiger partial charge in [0.05, 0.1) is 0 Å². The fourth-order valence-corrected chi connectivity index (χ4v) is 2.51. The minimum Gasteiger partial charge on any atom is -0.382 e. The van der Waals surface area contributed by atoms with Crippen molar-refractivity contribution in [2.75, 3.05) is 13.2 Å². The zero-order chi connectivity index (χ0) is 12.1. The molecule has 2 nitrogen and oxygen atoms in total. The zero-order valence-corrected chi connectivity index (χ0v) is 10.4. The smallest absolute Gasteiger partial charge is 0.166 e. The number of benzene rings is 1. The van der Waals surface area contributed by atoms with Gasteiger partial charge in [-0.3, -0.25) is 4.79 Å². The molecule has 0 saturated heterocycles. The molecule has 0 radical (unpaired) electrons. The van der Waals surface area contributed by atoms with Crippen LogP contribution in [0, 0.1) is 5.92 Å². The van der Waals surface area contributed by atoms with E-state index in [0.717, 1.165) is 37.9 Å². The number of fused-ring (bicyclic) bond motifs is 1. The van der Waals surface area contributed by atoms with Crippen LogP contribution >= 0.6 is 0 Å². The predicted octanol–water partition coefficient (Wildman–Crippen LogP) is 3.25. The molecule has 2 rings (SSSR count). The first-order chi connectivity index (χ1) is 8.33. The molecule has 92 valence electrons. The van der Waals surface area contributed by atoms with Gasteiger partial charge in [0.1, 0.15) is 0 Å². The second kappa shape index (κ2) is 5.97. The molecule has 17 heavy (non-hydrogen) atoms. The highest BCUT2D eigenvalue weighted by Gasteiger charge is 2.24. The Kier molecular flexibility index (Phi) is 4.32.